The van der Waals surface area contributed by atoms with E-state index in [0.717, 1.165) is 13.0 Å². The minimum Gasteiger partial charge on any atom is -0.399 e. The van der Waals surface area contributed by atoms with E-state index >= 15 is 0 Å². The second-order valence-corrected chi connectivity index (χ2v) is 6.68. The maximum Gasteiger partial charge on any atom is 0.242 e. The van der Waals surface area contributed by atoms with Crippen LogP contribution in [-0.2, 0) is 10.0 Å². The fourth-order valence-electron chi connectivity index (χ4n) is 1.87. The number of benzene rings is 1. The van der Waals surface area contributed by atoms with E-state index in [1.807, 2.05) is 11.9 Å². The SMILES string of the molecule is CCC(C)CN(C)c1ccc(N)cc1S(=O)(=O)NC. The number of nitrogens with one attached hydrogen (secondary N) is 1. The van der Waals surface area contributed by atoms with E-state index in [1.165, 1.54) is 13.1 Å². The summed E-state index contributed by atoms with van der Waals surface area (Å²) < 4.78 is 26.4. The molecule has 3 N–H and O–H groups in total. The molecule has 1 aromatic rings. The molecule has 0 aliphatic rings. The van der Waals surface area contributed by atoms with Crippen LogP contribution in [-0.4, -0.2) is 29.1 Å². The summed E-state index contributed by atoms with van der Waals surface area (Å²) in [4.78, 5) is 2.18. The molecule has 1 aromatic carbocycles. The van der Waals surface area contributed by atoms with Gasteiger partial charge in [0.25, 0.3) is 0 Å². The lowest BCUT2D eigenvalue weighted by Gasteiger charge is -2.25. The summed E-state index contributed by atoms with van der Waals surface area (Å²) in [6.45, 7) is 5.05. The van der Waals surface area contributed by atoms with E-state index in [2.05, 4.69) is 18.6 Å². The molecule has 0 aromatic heterocycles. The summed E-state index contributed by atoms with van der Waals surface area (Å²) in [6, 6.07) is 4.97. The lowest BCUT2D eigenvalue weighted by Crippen LogP contribution is -2.27. The van der Waals surface area contributed by atoms with Crippen LogP contribution in [0.15, 0.2) is 23.1 Å². The molecule has 0 saturated carbocycles. The van der Waals surface area contributed by atoms with E-state index in [1.54, 1.807) is 12.1 Å². The lowest BCUT2D eigenvalue weighted by molar-refractivity contribution is 0.556. The molecule has 19 heavy (non-hydrogen) atoms. The third-order valence-electron chi connectivity index (χ3n) is 3.24. The van der Waals surface area contributed by atoms with Gasteiger partial charge in [0.15, 0.2) is 0 Å². The highest BCUT2D eigenvalue weighted by molar-refractivity contribution is 7.89. The van der Waals surface area contributed by atoms with E-state index in [-0.39, 0.29) is 4.90 Å². The Morgan fingerprint density at radius 1 is 1.42 bits per heavy atom. The van der Waals surface area contributed by atoms with Crippen molar-refractivity contribution in [2.24, 2.45) is 5.92 Å². The molecule has 1 unspecified atom stereocenters. The van der Waals surface area contributed by atoms with Gasteiger partial charge in [-0.05, 0) is 31.2 Å². The Kier molecular flexibility index (Phi) is 5.20. The molecular formula is C13H23N3O2S. The zero-order chi connectivity index (χ0) is 14.6. The van der Waals surface area contributed by atoms with Gasteiger partial charge in [-0.15, -0.1) is 0 Å². The molecule has 0 amide bonds. The van der Waals surface area contributed by atoms with Gasteiger partial charge in [-0.2, -0.15) is 0 Å². The number of hydrogen-bond acceptors (Lipinski definition) is 4. The Labute approximate surface area is 115 Å². The Morgan fingerprint density at radius 3 is 2.58 bits per heavy atom. The highest BCUT2D eigenvalue weighted by Gasteiger charge is 2.20. The summed E-state index contributed by atoms with van der Waals surface area (Å²) >= 11 is 0. The van der Waals surface area contributed by atoms with Crippen LogP contribution < -0.4 is 15.4 Å². The van der Waals surface area contributed by atoms with Crippen molar-refractivity contribution in [1.29, 1.82) is 0 Å². The Morgan fingerprint density at radius 2 is 2.05 bits per heavy atom. The number of nitrogen functional groups attached to an aromatic ring is 1. The monoisotopic (exact) mass is 285 g/mol. The molecule has 0 heterocycles. The fraction of sp³-hybridized carbons (Fsp3) is 0.538. The molecule has 0 bridgehead atoms. The van der Waals surface area contributed by atoms with Gasteiger partial charge in [0, 0.05) is 19.3 Å². The molecule has 0 spiro atoms. The molecule has 1 rings (SSSR count). The predicted octanol–water partition coefficient (Wildman–Crippen LogP) is 1.66. The van der Waals surface area contributed by atoms with Gasteiger partial charge in [0.2, 0.25) is 10.0 Å². The van der Waals surface area contributed by atoms with Crippen LogP contribution in [0.4, 0.5) is 11.4 Å². The number of sulfonamides is 1. The first-order valence-corrected chi connectivity index (χ1v) is 7.84. The molecular weight excluding hydrogens is 262 g/mol. The molecule has 0 aliphatic heterocycles. The van der Waals surface area contributed by atoms with Crippen LogP contribution in [0.25, 0.3) is 0 Å². The smallest absolute Gasteiger partial charge is 0.242 e. The molecule has 1 atom stereocenters. The molecule has 5 nitrogen and oxygen atoms in total. The van der Waals surface area contributed by atoms with Crippen LogP contribution in [0.2, 0.25) is 0 Å². The summed E-state index contributed by atoms with van der Waals surface area (Å²) in [7, 11) is -0.216. The molecule has 108 valence electrons. The van der Waals surface area contributed by atoms with Crippen molar-refractivity contribution in [2.75, 3.05) is 31.3 Å². The van der Waals surface area contributed by atoms with E-state index < -0.39 is 10.0 Å². The third-order valence-corrected chi connectivity index (χ3v) is 4.68. The average Bonchev–Trinajstić information content (AvgIpc) is 2.38. The van der Waals surface area contributed by atoms with Crippen molar-refractivity contribution >= 4 is 21.4 Å². The van der Waals surface area contributed by atoms with Crippen molar-refractivity contribution < 1.29 is 8.42 Å². The quantitative estimate of drug-likeness (QED) is 0.779. The van der Waals surface area contributed by atoms with Gasteiger partial charge >= 0.3 is 0 Å². The first-order valence-electron chi connectivity index (χ1n) is 6.36. The van der Waals surface area contributed by atoms with Gasteiger partial charge in [-0.3, -0.25) is 0 Å². The number of hydrogen-bond donors (Lipinski definition) is 2. The Bertz CT molecular complexity index is 529. The van der Waals surface area contributed by atoms with Gasteiger partial charge < -0.3 is 10.6 Å². The summed E-state index contributed by atoms with van der Waals surface area (Å²) in [5.74, 6) is 0.493. The topological polar surface area (TPSA) is 75.4 Å². The second kappa shape index (κ2) is 6.25. The van der Waals surface area contributed by atoms with Crippen molar-refractivity contribution in [2.45, 2.75) is 25.2 Å². The van der Waals surface area contributed by atoms with Crippen LogP contribution >= 0.6 is 0 Å². The second-order valence-electron chi connectivity index (χ2n) is 4.83. The summed E-state index contributed by atoms with van der Waals surface area (Å²) in [5, 5.41) is 0. The molecule has 0 aliphatic carbocycles. The first kappa shape index (κ1) is 15.8. The van der Waals surface area contributed by atoms with E-state index in [4.69, 9.17) is 5.73 Å². The fourth-order valence-corrected chi connectivity index (χ4v) is 2.88. The maximum absolute atomic E-state index is 12.0. The summed E-state index contributed by atoms with van der Waals surface area (Å²) in [6.07, 6.45) is 1.05. The van der Waals surface area contributed by atoms with Gasteiger partial charge in [-0.1, -0.05) is 20.3 Å². The van der Waals surface area contributed by atoms with E-state index in [9.17, 15) is 8.42 Å². The highest BCUT2D eigenvalue weighted by Crippen LogP contribution is 2.27. The van der Waals surface area contributed by atoms with Crippen LogP contribution in [0, 0.1) is 5.92 Å². The number of nitrogens with two attached hydrogens (primary N) is 1. The van der Waals surface area contributed by atoms with Crippen LogP contribution in [0.1, 0.15) is 20.3 Å². The lowest BCUT2D eigenvalue weighted by atomic mass is 10.1. The molecule has 0 fully saturated rings. The molecule has 0 saturated heterocycles. The van der Waals surface area contributed by atoms with Crippen molar-refractivity contribution in [3.63, 3.8) is 0 Å². The Hall–Kier alpha value is -1.27. The zero-order valence-corrected chi connectivity index (χ0v) is 12.8. The van der Waals surface area contributed by atoms with Gasteiger partial charge in [0.05, 0.1) is 5.69 Å². The van der Waals surface area contributed by atoms with E-state index in [0.29, 0.717) is 17.3 Å². The molecule has 0 radical (unpaired) electrons. The third kappa shape index (κ3) is 3.84. The minimum atomic E-state index is -3.51. The number of nitrogens with zero attached hydrogens (tertiary/aromatic N) is 1. The van der Waals surface area contributed by atoms with Gasteiger partial charge in [0.1, 0.15) is 4.90 Å². The van der Waals surface area contributed by atoms with Crippen LogP contribution in [0.5, 0.6) is 0 Å². The largest absolute Gasteiger partial charge is 0.399 e. The van der Waals surface area contributed by atoms with Crippen molar-refractivity contribution in [3.8, 4) is 0 Å². The average molecular weight is 285 g/mol. The number of anilines is 2. The maximum atomic E-state index is 12.0. The number of rotatable bonds is 6. The first-order chi connectivity index (χ1) is 8.81. The molecule has 6 heteroatoms. The summed E-state index contributed by atoms with van der Waals surface area (Å²) in [5.41, 5.74) is 6.81. The predicted molar refractivity (Wildman–Crippen MR) is 79.8 cm³/mol. The standard InChI is InChI=1S/C13H23N3O2S/c1-5-10(2)9-16(4)12-7-6-11(14)8-13(12)19(17,18)15-3/h6-8,10,15H,5,9,14H2,1-4H3. The van der Waals surface area contributed by atoms with Gasteiger partial charge in [-0.25, -0.2) is 13.1 Å². The normalized spacial score (nSPS) is 13.3. The zero-order valence-electron chi connectivity index (χ0n) is 12.0. The Balaban J connectivity index is 3.21. The minimum absolute atomic E-state index is 0.223. The van der Waals surface area contributed by atoms with Crippen LogP contribution in [0.3, 0.4) is 0 Å². The van der Waals surface area contributed by atoms with Crippen molar-refractivity contribution in [1.82, 2.24) is 4.72 Å². The van der Waals surface area contributed by atoms with Crippen molar-refractivity contribution in [3.05, 3.63) is 18.2 Å². The highest BCUT2D eigenvalue weighted by atomic mass is 32.2.